The van der Waals surface area contributed by atoms with Gasteiger partial charge in [0.1, 0.15) is 0 Å². The van der Waals surface area contributed by atoms with E-state index >= 15 is 0 Å². The minimum atomic E-state index is -3.68. The number of hydrogen-bond acceptors (Lipinski definition) is 4. The average Bonchev–Trinajstić information content (AvgIpc) is 2.17. The maximum absolute atomic E-state index is 12.1. The van der Waals surface area contributed by atoms with Gasteiger partial charge < -0.3 is 4.74 Å². The Balaban J connectivity index is 2.48. The van der Waals surface area contributed by atoms with Crippen molar-refractivity contribution in [2.24, 2.45) is 0 Å². The molecule has 0 aliphatic carbocycles. The predicted molar refractivity (Wildman–Crippen MR) is 57.8 cm³/mol. The van der Waals surface area contributed by atoms with Gasteiger partial charge in [-0.1, -0.05) is 11.6 Å². The van der Waals surface area contributed by atoms with Crippen molar-refractivity contribution in [1.82, 2.24) is 0 Å². The molecule has 84 valence electrons. The van der Waals surface area contributed by atoms with Gasteiger partial charge in [-0.25, -0.2) is 8.42 Å². The number of halogens is 1. The van der Waals surface area contributed by atoms with Crippen LogP contribution in [0.2, 0.25) is 5.02 Å². The van der Waals surface area contributed by atoms with Gasteiger partial charge in [-0.05, 0) is 24.3 Å². The number of rotatable bonds is 2. The van der Waals surface area contributed by atoms with Gasteiger partial charge >= 0.3 is 0 Å². The van der Waals surface area contributed by atoms with Gasteiger partial charge in [-0.15, -0.1) is 0 Å². The van der Waals surface area contributed by atoms with E-state index in [2.05, 4.69) is 0 Å². The van der Waals surface area contributed by atoms with Crippen molar-refractivity contribution >= 4 is 21.4 Å². The summed E-state index contributed by atoms with van der Waals surface area (Å²) in [5, 5.41) is 9.41. The summed E-state index contributed by atoms with van der Waals surface area (Å²) in [7, 11) is -3.68. The molecule has 0 amide bonds. The molecule has 1 aliphatic rings. The van der Waals surface area contributed by atoms with Crippen molar-refractivity contribution in [3.05, 3.63) is 29.3 Å². The number of nitrogens with zero attached hydrogens (tertiary/aromatic N) is 1. The summed E-state index contributed by atoms with van der Waals surface area (Å²) in [6.45, 7) is -0.150. The number of ether oxygens (including phenoxy) is 1. The standard InChI is InChI=1S/C10H8ClNO3S/c11-8-1-3-9(4-2-8)16(13,14)10(5-12)6-15-7-10/h1-4H,6-7H2. The highest BCUT2D eigenvalue weighted by Crippen LogP contribution is 2.32. The van der Waals surface area contributed by atoms with Crippen LogP contribution in [0.1, 0.15) is 0 Å². The Morgan fingerprint density at radius 1 is 1.31 bits per heavy atom. The van der Waals surface area contributed by atoms with Crippen LogP contribution < -0.4 is 0 Å². The highest BCUT2D eigenvalue weighted by Gasteiger charge is 2.52. The van der Waals surface area contributed by atoms with Crippen molar-refractivity contribution in [3.8, 4) is 6.07 Å². The summed E-state index contributed by atoms with van der Waals surface area (Å²) in [4.78, 5) is 0.0988. The van der Waals surface area contributed by atoms with Gasteiger partial charge in [0.05, 0.1) is 24.2 Å². The Labute approximate surface area is 98.3 Å². The molecule has 0 saturated carbocycles. The summed E-state index contributed by atoms with van der Waals surface area (Å²) in [6, 6.07) is 7.59. The molecular formula is C10H8ClNO3S. The lowest BCUT2D eigenvalue weighted by Gasteiger charge is -2.34. The predicted octanol–water partition coefficient (Wildman–Crippen LogP) is 1.41. The number of nitriles is 1. The maximum atomic E-state index is 12.1. The van der Waals surface area contributed by atoms with E-state index in [1.54, 1.807) is 0 Å². The summed E-state index contributed by atoms with van der Waals surface area (Å²) in [5.41, 5.74) is 0. The van der Waals surface area contributed by atoms with Gasteiger partial charge in [-0.3, -0.25) is 0 Å². The van der Waals surface area contributed by atoms with Crippen LogP contribution in [0, 0.1) is 11.3 Å². The lowest BCUT2D eigenvalue weighted by atomic mass is 10.1. The largest absolute Gasteiger partial charge is 0.376 e. The number of sulfone groups is 1. The molecule has 1 aromatic carbocycles. The van der Waals surface area contributed by atoms with Crippen LogP contribution in [-0.2, 0) is 14.6 Å². The molecular weight excluding hydrogens is 250 g/mol. The summed E-state index contributed by atoms with van der Waals surface area (Å²) in [6.07, 6.45) is 0. The van der Waals surface area contributed by atoms with Gasteiger partial charge in [0.15, 0.2) is 0 Å². The third-order valence-corrected chi connectivity index (χ3v) is 5.01. The molecule has 0 bridgehead atoms. The lowest BCUT2D eigenvalue weighted by Crippen LogP contribution is -2.54. The van der Waals surface area contributed by atoms with E-state index in [1.807, 2.05) is 6.07 Å². The van der Waals surface area contributed by atoms with Crippen LogP contribution >= 0.6 is 11.6 Å². The molecule has 0 unspecified atom stereocenters. The molecule has 1 fully saturated rings. The van der Waals surface area contributed by atoms with Gasteiger partial charge in [0, 0.05) is 5.02 Å². The fourth-order valence-corrected chi connectivity index (χ4v) is 3.08. The average molecular weight is 258 g/mol. The number of benzene rings is 1. The molecule has 1 aromatic rings. The molecule has 0 radical (unpaired) electrons. The minimum Gasteiger partial charge on any atom is -0.376 e. The van der Waals surface area contributed by atoms with Crippen molar-refractivity contribution in [2.45, 2.75) is 9.64 Å². The zero-order valence-corrected chi connectivity index (χ0v) is 9.75. The highest BCUT2D eigenvalue weighted by molar-refractivity contribution is 7.93. The molecule has 4 nitrogen and oxygen atoms in total. The zero-order chi connectivity index (χ0) is 11.8. The monoisotopic (exact) mass is 257 g/mol. The van der Waals surface area contributed by atoms with E-state index < -0.39 is 14.6 Å². The van der Waals surface area contributed by atoms with Crippen LogP contribution in [0.3, 0.4) is 0 Å². The third kappa shape index (κ3) is 1.50. The summed E-state index contributed by atoms with van der Waals surface area (Å²) < 4.78 is 27.7. The van der Waals surface area contributed by atoms with Crippen molar-refractivity contribution in [2.75, 3.05) is 13.2 Å². The summed E-state index contributed by atoms with van der Waals surface area (Å²) >= 11 is 5.67. The highest BCUT2D eigenvalue weighted by atomic mass is 35.5. The first-order valence-electron chi connectivity index (χ1n) is 4.51. The molecule has 2 rings (SSSR count). The normalized spacial score (nSPS) is 18.5. The Hall–Kier alpha value is -1.09. The lowest BCUT2D eigenvalue weighted by molar-refractivity contribution is 0.0115. The maximum Gasteiger partial charge on any atom is 0.208 e. The van der Waals surface area contributed by atoms with E-state index in [0.29, 0.717) is 5.02 Å². The fourth-order valence-electron chi connectivity index (χ4n) is 1.41. The Bertz CT molecular complexity index is 540. The van der Waals surface area contributed by atoms with Gasteiger partial charge in [0.2, 0.25) is 14.6 Å². The SMILES string of the molecule is N#CC1(S(=O)(=O)c2ccc(Cl)cc2)COC1. The molecule has 1 saturated heterocycles. The van der Waals surface area contributed by atoms with E-state index in [1.165, 1.54) is 24.3 Å². The quantitative estimate of drug-likeness (QED) is 0.803. The minimum absolute atomic E-state index is 0.0749. The topological polar surface area (TPSA) is 67.2 Å². The van der Waals surface area contributed by atoms with Crippen molar-refractivity contribution < 1.29 is 13.2 Å². The van der Waals surface area contributed by atoms with E-state index in [9.17, 15) is 8.42 Å². The Kier molecular flexibility index (Phi) is 2.66. The summed E-state index contributed by atoms with van der Waals surface area (Å²) in [5.74, 6) is 0. The zero-order valence-electron chi connectivity index (χ0n) is 8.18. The molecule has 0 atom stereocenters. The second-order valence-electron chi connectivity index (χ2n) is 3.56. The van der Waals surface area contributed by atoms with Crippen molar-refractivity contribution in [3.63, 3.8) is 0 Å². The van der Waals surface area contributed by atoms with Crippen LogP contribution in [0.25, 0.3) is 0 Å². The molecule has 1 heterocycles. The third-order valence-electron chi connectivity index (χ3n) is 2.51. The molecule has 0 spiro atoms. The first kappa shape index (κ1) is 11.4. The second kappa shape index (κ2) is 3.74. The van der Waals surface area contributed by atoms with Crippen LogP contribution in [0.15, 0.2) is 29.2 Å². The van der Waals surface area contributed by atoms with Crippen LogP contribution in [-0.4, -0.2) is 26.4 Å². The fraction of sp³-hybridized carbons (Fsp3) is 0.300. The Morgan fingerprint density at radius 2 is 1.88 bits per heavy atom. The first-order chi connectivity index (χ1) is 7.52. The van der Waals surface area contributed by atoms with E-state index in [0.717, 1.165) is 0 Å². The molecule has 1 aliphatic heterocycles. The van der Waals surface area contributed by atoms with Crippen LogP contribution in [0.4, 0.5) is 0 Å². The molecule has 16 heavy (non-hydrogen) atoms. The van der Waals surface area contributed by atoms with Gasteiger partial charge in [-0.2, -0.15) is 5.26 Å². The second-order valence-corrected chi connectivity index (χ2v) is 6.25. The van der Waals surface area contributed by atoms with Crippen molar-refractivity contribution in [1.29, 1.82) is 5.26 Å². The number of hydrogen-bond donors (Lipinski definition) is 0. The van der Waals surface area contributed by atoms with Gasteiger partial charge in [0.25, 0.3) is 0 Å². The smallest absolute Gasteiger partial charge is 0.208 e. The van der Waals surface area contributed by atoms with Crippen LogP contribution in [0.5, 0.6) is 0 Å². The Morgan fingerprint density at radius 3 is 2.25 bits per heavy atom. The molecule has 6 heteroatoms. The first-order valence-corrected chi connectivity index (χ1v) is 6.37. The molecule has 0 N–H and O–H groups in total. The van der Waals surface area contributed by atoms with E-state index in [-0.39, 0.29) is 18.1 Å². The molecule has 0 aromatic heterocycles. The van der Waals surface area contributed by atoms with E-state index in [4.69, 9.17) is 21.6 Å².